The van der Waals surface area contributed by atoms with E-state index in [0.29, 0.717) is 25.1 Å². The van der Waals surface area contributed by atoms with Crippen LogP contribution < -0.4 is 5.32 Å². The maximum Gasteiger partial charge on any atom is 0.246 e. The maximum absolute atomic E-state index is 13.5. The number of hydrogen-bond acceptors (Lipinski definition) is 5. The second-order valence-electron chi connectivity index (χ2n) is 7.74. The van der Waals surface area contributed by atoms with Crippen LogP contribution >= 0.6 is 11.3 Å². The predicted octanol–water partition coefficient (Wildman–Crippen LogP) is 4.20. The van der Waals surface area contributed by atoms with Crippen molar-refractivity contribution in [3.05, 3.63) is 64.5 Å². The topological polar surface area (TPSA) is 75.4 Å². The van der Waals surface area contributed by atoms with E-state index in [2.05, 4.69) is 10.5 Å². The first-order valence-electron chi connectivity index (χ1n) is 10.1. The molecule has 1 aliphatic rings. The third kappa shape index (κ3) is 3.89. The zero-order valence-corrected chi connectivity index (χ0v) is 17.9. The van der Waals surface area contributed by atoms with Crippen molar-refractivity contribution in [2.24, 2.45) is 0 Å². The number of carbonyl (C=O) groups excluding carboxylic acids is 2. The zero-order valence-electron chi connectivity index (χ0n) is 17.1. The summed E-state index contributed by atoms with van der Waals surface area (Å²) in [6.07, 6.45) is 1.67. The molecule has 3 aromatic rings. The van der Waals surface area contributed by atoms with E-state index in [1.165, 1.54) is 6.92 Å². The number of hydrogen-bond donors (Lipinski definition) is 1. The quantitative estimate of drug-likeness (QED) is 0.645. The van der Waals surface area contributed by atoms with E-state index in [1.807, 2.05) is 60.8 Å². The largest absolute Gasteiger partial charge is 0.361 e. The third-order valence-corrected chi connectivity index (χ3v) is 6.76. The van der Waals surface area contributed by atoms with Gasteiger partial charge in [0.1, 0.15) is 17.0 Å². The van der Waals surface area contributed by atoms with Gasteiger partial charge in [0.25, 0.3) is 0 Å². The number of benzene rings is 1. The number of aromatic nitrogens is 1. The van der Waals surface area contributed by atoms with Gasteiger partial charge >= 0.3 is 0 Å². The average molecular weight is 424 g/mol. The molecule has 0 bridgehead atoms. The molecule has 3 heterocycles. The van der Waals surface area contributed by atoms with Crippen molar-refractivity contribution in [2.75, 3.05) is 6.54 Å². The molecule has 0 radical (unpaired) electrons. The first kappa shape index (κ1) is 20.3. The number of likely N-dealkylation sites (tertiary alicyclic amines) is 1. The van der Waals surface area contributed by atoms with Gasteiger partial charge in [0.05, 0.1) is 6.04 Å². The number of rotatable bonds is 6. The van der Waals surface area contributed by atoms with Crippen molar-refractivity contribution in [1.29, 1.82) is 0 Å². The highest BCUT2D eigenvalue weighted by Gasteiger charge is 2.49. The molecule has 6 nitrogen and oxygen atoms in total. The van der Waals surface area contributed by atoms with Crippen LogP contribution in [0.5, 0.6) is 0 Å². The number of nitrogens with one attached hydrogen (secondary N) is 1. The second-order valence-corrected chi connectivity index (χ2v) is 8.72. The molecular formula is C23H25N3O3S. The Morgan fingerprint density at radius 3 is 2.77 bits per heavy atom. The van der Waals surface area contributed by atoms with Crippen molar-refractivity contribution in [2.45, 2.75) is 44.7 Å². The van der Waals surface area contributed by atoms with Crippen molar-refractivity contribution in [3.63, 3.8) is 0 Å². The molecule has 7 heteroatoms. The number of carbonyl (C=O) groups is 2. The van der Waals surface area contributed by atoms with Crippen molar-refractivity contribution >= 4 is 23.2 Å². The van der Waals surface area contributed by atoms with Gasteiger partial charge in [-0.15, -0.1) is 11.3 Å². The van der Waals surface area contributed by atoms with Crippen LogP contribution in [0, 0.1) is 0 Å². The van der Waals surface area contributed by atoms with Gasteiger partial charge in [-0.3, -0.25) is 9.59 Å². The van der Waals surface area contributed by atoms with Crippen LogP contribution in [0.2, 0.25) is 0 Å². The number of thiophene rings is 1. The summed E-state index contributed by atoms with van der Waals surface area (Å²) in [7, 11) is 0. The van der Waals surface area contributed by atoms with Crippen LogP contribution in [0.3, 0.4) is 0 Å². The molecule has 1 aliphatic heterocycles. The van der Waals surface area contributed by atoms with Crippen LogP contribution in [0.15, 0.2) is 58.4 Å². The molecule has 2 atom stereocenters. The van der Waals surface area contributed by atoms with E-state index in [-0.39, 0.29) is 17.9 Å². The first-order valence-corrected chi connectivity index (χ1v) is 11.0. The van der Waals surface area contributed by atoms with E-state index in [1.54, 1.807) is 16.2 Å². The Kier molecular flexibility index (Phi) is 5.72. The van der Waals surface area contributed by atoms with Crippen LogP contribution in [-0.2, 0) is 16.0 Å². The maximum atomic E-state index is 13.5. The van der Waals surface area contributed by atoms with Gasteiger partial charge in [-0.1, -0.05) is 41.6 Å². The molecule has 1 aromatic carbocycles. The van der Waals surface area contributed by atoms with E-state index >= 15 is 0 Å². The van der Waals surface area contributed by atoms with Gasteiger partial charge in [0, 0.05) is 36.4 Å². The molecule has 0 saturated carbocycles. The van der Waals surface area contributed by atoms with E-state index < -0.39 is 5.54 Å². The highest BCUT2D eigenvalue weighted by atomic mass is 32.1. The minimum Gasteiger partial charge on any atom is -0.361 e. The minimum absolute atomic E-state index is 0.103. The van der Waals surface area contributed by atoms with Crippen molar-refractivity contribution in [1.82, 2.24) is 15.4 Å². The highest BCUT2D eigenvalue weighted by molar-refractivity contribution is 7.10. The Labute approximate surface area is 179 Å². The van der Waals surface area contributed by atoms with Gasteiger partial charge in [0.2, 0.25) is 11.8 Å². The summed E-state index contributed by atoms with van der Waals surface area (Å²) in [5, 5.41) is 9.30. The number of nitrogens with zero attached hydrogens (tertiary/aromatic N) is 2. The molecule has 0 spiro atoms. The molecule has 4 rings (SSSR count). The molecule has 1 saturated heterocycles. The van der Waals surface area contributed by atoms with Crippen LogP contribution in [0.4, 0.5) is 0 Å². The summed E-state index contributed by atoms with van der Waals surface area (Å²) in [5.41, 5.74) is 0.706. The van der Waals surface area contributed by atoms with Gasteiger partial charge in [-0.05, 0) is 31.2 Å². The predicted molar refractivity (Wildman–Crippen MR) is 116 cm³/mol. The lowest BCUT2D eigenvalue weighted by molar-refractivity contribution is -0.144. The minimum atomic E-state index is -0.967. The van der Waals surface area contributed by atoms with Gasteiger partial charge in [-0.25, -0.2) is 0 Å². The summed E-state index contributed by atoms with van der Waals surface area (Å²) in [5.74, 6) is 0.351. The summed E-state index contributed by atoms with van der Waals surface area (Å²) in [4.78, 5) is 28.7. The summed E-state index contributed by atoms with van der Waals surface area (Å²) < 4.78 is 5.60. The molecule has 1 fully saturated rings. The zero-order chi connectivity index (χ0) is 21.1. The van der Waals surface area contributed by atoms with Crippen molar-refractivity contribution in [3.8, 4) is 11.3 Å². The molecule has 1 N–H and O–H groups in total. The molecule has 0 unspecified atom stereocenters. The van der Waals surface area contributed by atoms with Crippen molar-refractivity contribution < 1.29 is 14.1 Å². The Morgan fingerprint density at radius 1 is 1.27 bits per heavy atom. The standard InChI is InChI=1S/C23H25N3O3S/c1-16(21-10-6-13-30-21)24-22(28)23(11-7-12-26(23)17(2)27)15-19-14-20(25-29-19)18-8-4-3-5-9-18/h3-6,8-10,13-14,16H,7,11-12,15H2,1-2H3,(H,24,28)/t16-,23+/m0/s1. The van der Waals surface area contributed by atoms with Crippen LogP contribution in [0.25, 0.3) is 11.3 Å². The molecular weight excluding hydrogens is 398 g/mol. The van der Waals surface area contributed by atoms with Gasteiger partial charge < -0.3 is 14.7 Å². The molecule has 156 valence electrons. The average Bonchev–Trinajstić information content (AvgIpc) is 3.50. The summed E-state index contributed by atoms with van der Waals surface area (Å²) in [6, 6.07) is 15.5. The van der Waals surface area contributed by atoms with E-state index in [4.69, 9.17) is 4.52 Å². The van der Waals surface area contributed by atoms with Gasteiger partial charge in [0.15, 0.2) is 0 Å². The summed E-state index contributed by atoms with van der Waals surface area (Å²) >= 11 is 1.60. The normalized spacial score (nSPS) is 19.6. The lowest BCUT2D eigenvalue weighted by Crippen LogP contribution is -2.58. The smallest absolute Gasteiger partial charge is 0.246 e. The Morgan fingerprint density at radius 2 is 2.07 bits per heavy atom. The Hall–Kier alpha value is -2.93. The summed E-state index contributed by atoms with van der Waals surface area (Å²) in [6.45, 7) is 4.05. The third-order valence-electron chi connectivity index (χ3n) is 5.70. The Bertz CT molecular complexity index is 1020. The fraction of sp³-hybridized carbons (Fsp3) is 0.348. The second kappa shape index (κ2) is 8.44. The lowest BCUT2D eigenvalue weighted by Gasteiger charge is -2.36. The first-order chi connectivity index (χ1) is 14.5. The van der Waals surface area contributed by atoms with Gasteiger partial charge in [-0.2, -0.15) is 0 Å². The highest BCUT2D eigenvalue weighted by Crippen LogP contribution is 2.35. The molecule has 2 amide bonds. The van der Waals surface area contributed by atoms with Crippen LogP contribution in [0.1, 0.15) is 43.4 Å². The fourth-order valence-electron chi connectivity index (χ4n) is 4.21. The van der Waals surface area contributed by atoms with Crippen LogP contribution in [-0.4, -0.2) is 34.0 Å². The lowest BCUT2D eigenvalue weighted by atomic mass is 9.88. The molecule has 30 heavy (non-hydrogen) atoms. The monoisotopic (exact) mass is 423 g/mol. The number of amides is 2. The van der Waals surface area contributed by atoms with E-state index in [0.717, 1.165) is 22.6 Å². The Balaban J connectivity index is 1.61. The van der Waals surface area contributed by atoms with E-state index in [9.17, 15) is 9.59 Å². The molecule has 2 aromatic heterocycles. The SMILES string of the molecule is CC(=O)N1CCC[C@@]1(Cc1cc(-c2ccccc2)no1)C(=O)N[C@@H](C)c1cccs1. The molecule has 0 aliphatic carbocycles. The fourth-order valence-corrected chi connectivity index (χ4v) is 4.94.